The van der Waals surface area contributed by atoms with Gasteiger partial charge in [-0.15, -0.1) is 0 Å². The summed E-state index contributed by atoms with van der Waals surface area (Å²) in [5.74, 6) is 6.80. The fourth-order valence-corrected chi connectivity index (χ4v) is 1.83. The summed E-state index contributed by atoms with van der Waals surface area (Å²) >= 11 is 0. The fourth-order valence-electron chi connectivity index (χ4n) is 1.83. The number of aromatic nitrogens is 1. The summed E-state index contributed by atoms with van der Waals surface area (Å²) in [6.07, 6.45) is 1.62. The molecule has 0 spiro atoms. The number of rotatable bonds is 3. The number of nitrogens with two attached hydrogens (primary N) is 1. The van der Waals surface area contributed by atoms with Crippen LogP contribution in [0.3, 0.4) is 0 Å². The fraction of sp³-hybridized carbons (Fsp3) is 0.250. The Kier molecular flexibility index (Phi) is 4.75. The predicted molar refractivity (Wildman–Crippen MR) is 79.5 cm³/mol. The molecule has 0 aliphatic rings. The average molecular weight is 283 g/mol. The van der Waals surface area contributed by atoms with Gasteiger partial charge in [0.05, 0.1) is 19.3 Å². The molecule has 5 nitrogen and oxygen atoms in total. The van der Waals surface area contributed by atoms with Crippen LogP contribution in [0.2, 0.25) is 0 Å². The molecular weight excluding hydrogens is 266 g/mol. The zero-order valence-electron chi connectivity index (χ0n) is 12.1. The van der Waals surface area contributed by atoms with Gasteiger partial charge in [0.15, 0.2) is 0 Å². The molecule has 0 saturated carbocycles. The molecule has 0 bridgehead atoms. The second-order valence-electron chi connectivity index (χ2n) is 4.58. The highest BCUT2D eigenvalue weighted by Gasteiger charge is 2.08. The first-order valence-corrected chi connectivity index (χ1v) is 6.59. The summed E-state index contributed by atoms with van der Waals surface area (Å²) in [6, 6.07) is 5.36. The minimum atomic E-state index is -0.174. The molecule has 0 saturated heterocycles. The summed E-state index contributed by atoms with van der Waals surface area (Å²) in [5, 5.41) is 2.77. The quantitative estimate of drug-likeness (QED) is 0.837. The highest BCUT2D eigenvalue weighted by atomic mass is 16.4. The van der Waals surface area contributed by atoms with Crippen molar-refractivity contribution < 1.29 is 9.21 Å². The van der Waals surface area contributed by atoms with E-state index in [0.717, 1.165) is 16.9 Å². The van der Waals surface area contributed by atoms with Gasteiger partial charge in [-0.2, -0.15) is 0 Å². The Balaban J connectivity index is 2.04. The van der Waals surface area contributed by atoms with E-state index in [2.05, 4.69) is 22.1 Å². The summed E-state index contributed by atoms with van der Waals surface area (Å²) < 4.78 is 5.30. The molecule has 1 aromatic carbocycles. The van der Waals surface area contributed by atoms with Gasteiger partial charge >= 0.3 is 0 Å². The van der Waals surface area contributed by atoms with E-state index in [1.165, 1.54) is 0 Å². The van der Waals surface area contributed by atoms with Gasteiger partial charge < -0.3 is 15.5 Å². The van der Waals surface area contributed by atoms with Gasteiger partial charge in [-0.05, 0) is 37.6 Å². The lowest BCUT2D eigenvalue weighted by Gasteiger charge is -2.05. The molecule has 0 aliphatic heterocycles. The predicted octanol–water partition coefficient (Wildman–Crippen LogP) is 1.53. The Bertz CT molecular complexity index is 708. The summed E-state index contributed by atoms with van der Waals surface area (Å²) in [5.41, 5.74) is 7.74. The van der Waals surface area contributed by atoms with Crippen molar-refractivity contribution in [2.24, 2.45) is 5.73 Å². The molecular formula is C16H17N3O2. The van der Waals surface area contributed by atoms with Crippen LogP contribution in [0, 0.1) is 25.7 Å². The van der Waals surface area contributed by atoms with E-state index >= 15 is 0 Å². The number of hydrogen-bond acceptors (Lipinski definition) is 4. The highest BCUT2D eigenvalue weighted by molar-refractivity contribution is 5.94. The van der Waals surface area contributed by atoms with Gasteiger partial charge in [-0.3, -0.25) is 4.79 Å². The van der Waals surface area contributed by atoms with Crippen LogP contribution >= 0.6 is 0 Å². The normalized spacial score (nSPS) is 9.86. The molecule has 21 heavy (non-hydrogen) atoms. The molecule has 2 aromatic rings. The van der Waals surface area contributed by atoms with E-state index in [0.29, 0.717) is 18.0 Å². The Hall–Kier alpha value is -2.58. The Labute approximate surface area is 123 Å². The Morgan fingerprint density at radius 1 is 1.43 bits per heavy atom. The molecule has 0 unspecified atom stereocenters. The van der Waals surface area contributed by atoms with Crippen molar-refractivity contribution in [2.45, 2.75) is 20.4 Å². The number of amides is 1. The maximum atomic E-state index is 12.1. The molecule has 5 heteroatoms. The summed E-state index contributed by atoms with van der Waals surface area (Å²) in [6.45, 7) is 4.30. The lowest BCUT2D eigenvalue weighted by atomic mass is 10.0. The second kappa shape index (κ2) is 6.73. The lowest BCUT2D eigenvalue weighted by molar-refractivity contribution is 0.0947. The van der Waals surface area contributed by atoms with E-state index < -0.39 is 0 Å². The first-order chi connectivity index (χ1) is 10.1. The van der Waals surface area contributed by atoms with Crippen molar-refractivity contribution in [1.29, 1.82) is 0 Å². The molecule has 0 radical (unpaired) electrons. The minimum absolute atomic E-state index is 0.174. The topological polar surface area (TPSA) is 81.2 Å². The SMILES string of the molecule is Cc1cnc(CNC(=O)c2ccc(C#CCN)c(C)c2)o1. The van der Waals surface area contributed by atoms with Crippen LogP contribution in [0.15, 0.2) is 28.8 Å². The molecule has 3 N–H and O–H groups in total. The third-order valence-corrected chi connectivity index (χ3v) is 2.88. The first kappa shape index (κ1) is 14.8. The molecule has 1 heterocycles. The number of carbonyl (C=O) groups excluding carboxylic acids is 1. The van der Waals surface area contributed by atoms with Crippen molar-refractivity contribution in [3.05, 3.63) is 52.7 Å². The number of nitrogens with zero attached hydrogens (tertiary/aromatic N) is 1. The van der Waals surface area contributed by atoms with Gasteiger partial charge in [-0.1, -0.05) is 11.8 Å². The summed E-state index contributed by atoms with van der Waals surface area (Å²) in [4.78, 5) is 16.1. The van der Waals surface area contributed by atoms with Crippen molar-refractivity contribution in [2.75, 3.05) is 6.54 Å². The van der Waals surface area contributed by atoms with E-state index in [-0.39, 0.29) is 12.5 Å². The molecule has 0 fully saturated rings. The van der Waals surface area contributed by atoms with Gasteiger partial charge in [0.25, 0.3) is 5.91 Å². The van der Waals surface area contributed by atoms with Crippen molar-refractivity contribution in [3.63, 3.8) is 0 Å². The zero-order chi connectivity index (χ0) is 15.2. The largest absolute Gasteiger partial charge is 0.444 e. The monoisotopic (exact) mass is 283 g/mol. The third kappa shape index (κ3) is 3.94. The van der Waals surface area contributed by atoms with Crippen molar-refractivity contribution >= 4 is 5.91 Å². The first-order valence-electron chi connectivity index (χ1n) is 6.59. The van der Waals surface area contributed by atoms with Crippen LogP contribution in [0.5, 0.6) is 0 Å². The number of benzene rings is 1. The van der Waals surface area contributed by atoms with Crippen molar-refractivity contribution in [1.82, 2.24) is 10.3 Å². The Morgan fingerprint density at radius 3 is 2.86 bits per heavy atom. The highest BCUT2D eigenvalue weighted by Crippen LogP contribution is 2.10. The van der Waals surface area contributed by atoms with Crippen LogP contribution in [-0.2, 0) is 6.54 Å². The Morgan fingerprint density at radius 2 is 2.24 bits per heavy atom. The van der Waals surface area contributed by atoms with E-state index in [1.54, 1.807) is 18.3 Å². The van der Waals surface area contributed by atoms with E-state index in [9.17, 15) is 4.79 Å². The standard InChI is InChI=1S/C16H17N3O2/c1-11-8-14(6-5-13(11)4-3-7-17)16(20)19-10-15-18-9-12(2)21-15/h5-6,8-9H,7,10,17H2,1-2H3,(H,19,20). The van der Waals surface area contributed by atoms with Gasteiger partial charge in [-0.25, -0.2) is 4.98 Å². The van der Waals surface area contributed by atoms with Crippen LogP contribution in [-0.4, -0.2) is 17.4 Å². The lowest BCUT2D eigenvalue weighted by Crippen LogP contribution is -2.23. The molecule has 2 rings (SSSR count). The number of nitrogens with one attached hydrogen (secondary N) is 1. The number of aryl methyl sites for hydroxylation is 2. The molecule has 0 aliphatic carbocycles. The maximum Gasteiger partial charge on any atom is 0.251 e. The minimum Gasteiger partial charge on any atom is -0.444 e. The van der Waals surface area contributed by atoms with Crippen LogP contribution < -0.4 is 11.1 Å². The van der Waals surface area contributed by atoms with E-state index in [4.69, 9.17) is 10.2 Å². The number of hydrogen-bond donors (Lipinski definition) is 2. The maximum absolute atomic E-state index is 12.1. The number of carbonyl (C=O) groups is 1. The number of oxazole rings is 1. The smallest absolute Gasteiger partial charge is 0.251 e. The zero-order valence-corrected chi connectivity index (χ0v) is 12.1. The van der Waals surface area contributed by atoms with Crippen molar-refractivity contribution in [3.8, 4) is 11.8 Å². The van der Waals surface area contributed by atoms with Crippen LogP contribution in [0.25, 0.3) is 0 Å². The second-order valence-corrected chi connectivity index (χ2v) is 4.58. The third-order valence-electron chi connectivity index (χ3n) is 2.88. The van der Waals surface area contributed by atoms with E-state index in [1.807, 2.05) is 19.9 Å². The van der Waals surface area contributed by atoms with Gasteiger partial charge in [0, 0.05) is 11.1 Å². The summed E-state index contributed by atoms with van der Waals surface area (Å²) in [7, 11) is 0. The van der Waals surface area contributed by atoms with Gasteiger partial charge in [0.1, 0.15) is 5.76 Å². The van der Waals surface area contributed by atoms with Crippen LogP contribution in [0.4, 0.5) is 0 Å². The van der Waals surface area contributed by atoms with Crippen LogP contribution in [0.1, 0.15) is 33.1 Å². The molecule has 108 valence electrons. The average Bonchev–Trinajstić information content (AvgIpc) is 2.89. The molecule has 1 aromatic heterocycles. The van der Waals surface area contributed by atoms with Gasteiger partial charge in [0.2, 0.25) is 5.89 Å². The molecule has 0 atom stereocenters. The molecule has 1 amide bonds.